The highest BCUT2D eigenvalue weighted by Crippen LogP contribution is 2.22. The summed E-state index contributed by atoms with van der Waals surface area (Å²) in [6.07, 6.45) is 0.712. The maximum Gasteiger partial charge on any atom is 0.277 e. The SMILES string of the molecule is CCc1cc(C(=O)NC2=C(C)N(Cc3ccccc3C)NC2C)no1. The molecule has 2 N–H and O–H groups in total. The Hall–Kier alpha value is -2.60. The molecule has 1 unspecified atom stereocenters. The van der Waals surface area contributed by atoms with Crippen LogP contribution in [0.1, 0.15) is 48.1 Å². The lowest BCUT2D eigenvalue weighted by Gasteiger charge is -2.22. The van der Waals surface area contributed by atoms with Crippen molar-refractivity contribution in [3.05, 3.63) is 64.3 Å². The van der Waals surface area contributed by atoms with Crippen molar-refractivity contribution < 1.29 is 9.32 Å². The highest BCUT2D eigenvalue weighted by Gasteiger charge is 2.28. The van der Waals surface area contributed by atoms with Gasteiger partial charge in [-0.15, -0.1) is 0 Å². The van der Waals surface area contributed by atoms with Crippen molar-refractivity contribution >= 4 is 5.91 Å². The van der Waals surface area contributed by atoms with E-state index >= 15 is 0 Å². The Morgan fingerprint density at radius 2 is 2.12 bits per heavy atom. The maximum atomic E-state index is 12.4. The summed E-state index contributed by atoms with van der Waals surface area (Å²) in [5.41, 5.74) is 8.07. The van der Waals surface area contributed by atoms with Gasteiger partial charge in [0.05, 0.1) is 18.3 Å². The van der Waals surface area contributed by atoms with Crippen LogP contribution in [0.5, 0.6) is 0 Å². The normalized spacial score (nSPS) is 17.3. The number of allylic oxidation sites excluding steroid dienone is 1. The molecule has 1 aromatic heterocycles. The van der Waals surface area contributed by atoms with Crippen molar-refractivity contribution in [2.75, 3.05) is 0 Å². The predicted molar refractivity (Wildman–Crippen MR) is 95.4 cm³/mol. The molecular weight excluding hydrogens is 316 g/mol. The van der Waals surface area contributed by atoms with Crippen molar-refractivity contribution in [1.82, 2.24) is 20.9 Å². The number of aromatic nitrogens is 1. The molecule has 0 aliphatic carbocycles. The van der Waals surface area contributed by atoms with E-state index in [-0.39, 0.29) is 11.9 Å². The topological polar surface area (TPSA) is 70.4 Å². The van der Waals surface area contributed by atoms with Crippen LogP contribution in [0.3, 0.4) is 0 Å². The molecule has 1 aliphatic rings. The van der Waals surface area contributed by atoms with Crippen LogP contribution in [0.25, 0.3) is 0 Å². The third kappa shape index (κ3) is 3.58. The van der Waals surface area contributed by atoms with Crippen molar-refractivity contribution in [2.24, 2.45) is 0 Å². The second-order valence-corrected chi connectivity index (χ2v) is 6.35. The van der Waals surface area contributed by atoms with Gasteiger partial charge in [-0.3, -0.25) is 4.79 Å². The summed E-state index contributed by atoms with van der Waals surface area (Å²) in [5.74, 6) is 0.457. The van der Waals surface area contributed by atoms with E-state index in [4.69, 9.17) is 4.52 Å². The van der Waals surface area contributed by atoms with Gasteiger partial charge >= 0.3 is 0 Å². The summed E-state index contributed by atoms with van der Waals surface area (Å²) >= 11 is 0. The number of hydrogen-bond acceptors (Lipinski definition) is 5. The molecule has 1 atom stereocenters. The molecule has 0 saturated carbocycles. The number of nitrogens with zero attached hydrogens (tertiary/aromatic N) is 2. The largest absolute Gasteiger partial charge is 0.361 e. The highest BCUT2D eigenvalue weighted by atomic mass is 16.5. The van der Waals surface area contributed by atoms with E-state index in [1.54, 1.807) is 6.07 Å². The summed E-state index contributed by atoms with van der Waals surface area (Å²) in [6.45, 7) is 8.84. The molecular formula is C19H24N4O2. The van der Waals surface area contributed by atoms with Crippen molar-refractivity contribution in [1.29, 1.82) is 0 Å². The Balaban J connectivity index is 1.74. The maximum absolute atomic E-state index is 12.4. The zero-order valence-electron chi connectivity index (χ0n) is 15.1. The van der Waals surface area contributed by atoms with Crippen molar-refractivity contribution in [2.45, 2.75) is 46.7 Å². The standard InChI is InChI=1S/C19H24N4O2/c1-5-16-10-17(22-25-16)19(24)20-18-13(3)21-23(14(18)4)11-15-9-7-6-8-12(15)2/h6-10,13,21H,5,11H2,1-4H3,(H,20,24). The fourth-order valence-corrected chi connectivity index (χ4v) is 2.95. The van der Waals surface area contributed by atoms with E-state index in [2.05, 4.69) is 40.0 Å². The molecule has 2 aromatic rings. The summed E-state index contributed by atoms with van der Waals surface area (Å²) in [4.78, 5) is 12.4. The van der Waals surface area contributed by atoms with Crippen LogP contribution in [0.4, 0.5) is 0 Å². The quantitative estimate of drug-likeness (QED) is 0.876. The molecule has 0 radical (unpaired) electrons. The van der Waals surface area contributed by atoms with Gasteiger partial charge in [0.2, 0.25) is 0 Å². The van der Waals surface area contributed by atoms with E-state index in [9.17, 15) is 4.79 Å². The highest BCUT2D eigenvalue weighted by molar-refractivity contribution is 5.93. The molecule has 3 rings (SSSR count). The van der Waals surface area contributed by atoms with E-state index in [1.807, 2.05) is 32.9 Å². The fraction of sp³-hybridized carbons (Fsp3) is 0.368. The van der Waals surface area contributed by atoms with Crippen LogP contribution in [0.15, 0.2) is 46.2 Å². The molecule has 6 nitrogen and oxygen atoms in total. The Kier molecular flexibility index (Phi) is 4.90. The number of aryl methyl sites for hydroxylation is 2. The number of rotatable bonds is 5. The Morgan fingerprint density at radius 1 is 1.36 bits per heavy atom. The van der Waals surface area contributed by atoms with Crippen LogP contribution in [-0.2, 0) is 13.0 Å². The van der Waals surface area contributed by atoms with E-state index in [0.29, 0.717) is 17.9 Å². The van der Waals surface area contributed by atoms with Gasteiger partial charge in [0.1, 0.15) is 5.76 Å². The first-order chi connectivity index (χ1) is 12.0. The summed E-state index contributed by atoms with van der Waals surface area (Å²) in [7, 11) is 0. The monoisotopic (exact) mass is 340 g/mol. The minimum Gasteiger partial charge on any atom is -0.361 e. The average Bonchev–Trinajstić information content (AvgIpc) is 3.18. The summed E-state index contributed by atoms with van der Waals surface area (Å²) in [5, 5.41) is 8.88. The summed E-state index contributed by atoms with van der Waals surface area (Å²) < 4.78 is 5.11. The average molecular weight is 340 g/mol. The van der Waals surface area contributed by atoms with Gasteiger partial charge in [-0.2, -0.15) is 0 Å². The molecule has 0 bridgehead atoms. The smallest absolute Gasteiger partial charge is 0.277 e. The van der Waals surface area contributed by atoms with Gasteiger partial charge in [0, 0.05) is 18.2 Å². The third-order valence-corrected chi connectivity index (χ3v) is 4.56. The third-order valence-electron chi connectivity index (χ3n) is 4.56. The number of hydrazine groups is 1. The van der Waals surface area contributed by atoms with Crippen LogP contribution in [0.2, 0.25) is 0 Å². The number of carbonyl (C=O) groups is 1. The minimum absolute atomic E-state index is 0.0190. The molecule has 1 aromatic carbocycles. The number of hydrogen-bond donors (Lipinski definition) is 2. The van der Waals surface area contributed by atoms with E-state index in [1.165, 1.54) is 11.1 Å². The fourth-order valence-electron chi connectivity index (χ4n) is 2.95. The van der Waals surface area contributed by atoms with Crippen molar-refractivity contribution in [3.63, 3.8) is 0 Å². The van der Waals surface area contributed by atoms with Gasteiger partial charge in [-0.05, 0) is 31.9 Å². The van der Waals surface area contributed by atoms with E-state index < -0.39 is 0 Å². The molecule has 2 heterocycles. The van der Waals surface area contributed by atoms with E-state index in [0.717, 1.165) is 17.9 Å². The van der Waals surface area contributed by atoms with Gasteiger partial charge in [-0.1, -0.05) is 36.3 Å². The molecule has 0 saturated heterocycles. The van der Waals surface area contributed by atoms with Gasteiger partial charge < -0.3 is 14.8 Å². The van der Waals surface area contributed by atoms with Crippen LogP contribution in [-0.4, -0.2) is 22.1 Å². The number of amides is 1. The van der Waals surface area contributed by atoms with Crippen molar-refractivity contribution in [3.8, 4) is 0 Å². The minimum atomic E-state index is -0.246. The lowest BCUT2D eigenvalue weighted by atomic mass is 10.1. The molecule has 0 fully saturated rings. The Labute approximate surface area is 147 Å². The number of carbonyl (C=O) groups excluding carboxylic acids is 1. The first-order valence-electron chi connectivity index (χ1n) is 8.55. The summed E-state index contributed by atoms with van der Waals surface area (Å²) in [6, 6.07) is 10.0. The first kappa shape index (κ1) is 17.2. The van der Waals surface area contributed by atoms with Crippen LogP contribution >= 0.6 is 0 Å². The molecule has 0 spiro atoms. The van der Waals surface area contributed by atoms with Crippen LogP contribution in [0, 0.1) is 6.92 Å². The molecule has 1 amide bonds. The zero-order valence-corrected chi connectivity index (χ0v) is 15.1. The van der Waals surface area contributed by atoms with Gasteiger partial charge in [0.25, 0.3) is 5.91 Å². The molecule has 6 heteroatoms. The van der Waals surface area contributed by atoms with Gasteiger partial charge in [0.15, 0.2) is 5.69 Å². The first-order valence-corrected chi connectivity index (χ1v) is 8.55. The molecule has 132 valence electrons. The Morgan fingerprint density at radius 3 is 2.80 bits per heavy atom. The lowest BCUT2D eigenvalue weighted by molar-refractivity contribution is 0.0954. The predicted octanol–water partition coefficient (Wildman–Crippen LogP) is 2.92. The second kappa shape index (κ2) is 7.11. The zero-order chi connectivity index (χ0) is 18.0. The lowest BCUT2D eigenvalue weighted by Crippen LogP contribution is -2.37. The second-order valence-electron chi connectivity index (χ2n) is 6.35. The number of benzene rings is 1. The Bertz CT molecular complexity index is 809. The molecule has 25 heavy (non-hydrogen) atoms. The molecule has 1 aliphatic heterocycles. The van der Waals surface area contributed by atoms with Gasteiger partial charge in [-0.25, -0.2) is 5.43 Å². The van der Waals surface area contributed by atoms with Crippen LogP contribution < -0.4 is 10.7 Å². The number of nitrogens with one attached hydrogen (secondary N) is 2.